The fourth-order valence-corrected chi connectivity index (χ4v) is 4.95. The van der Waals surface area contributed by atoms with Crippen LogP contribution >= 0.6 is 24.0 Å². The molecule has 0 bridgehead atoms. The molecule has 180 valence electrons. The first kappa shape index (κ1) is 27.0. The molecule has 0 saturated heterocycles. The molecule has 0 aliphatic carbocycles. The van der Waals surface area contributed by atoms with E-state index in [-0.39, 0.29) is 24.6 Å². The van der Waals surface area contributed by atoms with Crippen molar-refractivity contribution in [2.75, 3.05) is 10.7 Å². The normalized spacial score (nSPS) is 17.7. The molecule has 2 aromatic rings. The quantitative estimate of drug-likeness (QED) is 0.465. The molecular formula is C20H18Cl2F4N2O4S. The van der Waals surface area contributed by atoms with Crippen molar-refractivity contribution in [2.24, 2.45) is 5.73 Å². The minimum atomic E-state index is -4.63. The van der Waals surface area contributed by atoms with Gasteiger partial charge in [-0.3, -0.25) is 9.59 Å². The van der Waals surface area contributed by atoms with Gasteiger partial charge in [0.1, 0.15) is 5.82 Å². The topological polar surface area (TPSA) is 97.5 Å². The number of carbonyl (C=O) groups excluding carboxylic acids is 2. The van der Waals surface area contributed by atoms with Crippen LogP contribution in [0.5, 0.6) is 0 Å². The number of hydrogen-bond donors (Lipinski definition) is 1. The minimum absolute atomic E-state index is 0. The van der Waals surface area contributed by atoms with E-state index in [1.54, 1.807) is 12.1 Å². The van der Waals surface area contributed by atoms with E-state index in [0.29, 0.717) is 16.7 Å². The molecule has 1 heterocycles. The molecule has 13 heteroatoms. The summed E-state index contributed by atoms with van der Waals surface area (Å²) >= 11 is 5.85. The number of carbonyl (C=O) groups is 2. The molecule has 1 amide bonds. The number of amides is 1. The fraction of sp³-hybridized carbons (Fsp3) is 0.300. The Hall–Kier alpha value is -2.21. The Labute approximate surface area is 198 Å². The van der Waals surface area contributed by atoms with E-state index in [1.807, 2.05) is 0 Å². The van der Waals surface area contributed by atoms with Crippen LogP contribution in [0.2, 0.25) is 5.02 Å². The minimum Gasteiger partial charge on any atom is -0.319 e. The van der Waals surface area contributed by atoms with Crippen molar-refractivity contribution in [2.45, 2.75) is 36.5 Å². The largest absolute Gasteiger partial charge is 0.389 e. The molecule has 2 aromatic carbocycles. The maximum Gasteiger partial charge on any atom is 0.389 e. The highest BCUT2D eigenvalue weighted by Crippen LogP contribution is 2.35. The molecule has 0 spiro atoms. The first-order chi connectivity index (χ1) is 14.8. The third kappa shape index (κ3) is 6.23. The number of Topliss-reactive ketones (excluding diaryl/α,β-unsaturated/α-hetero) is 1. The number of alkyl halides is 3. The van der Waals surface area contributed by atoms with E-state index in [4.69, 9.17) is 17.3 Å². The van der Waals surface area contributed by atoms with Crippen molar-refractivity contribution in [1.82, 2.24) is 0 Å². The van der Waals surface area contributed by atoms with Gasteiger partial charge in [-0.1, -0.05) is 23.7 Å². The fourth-order valence-electron chi connectivity index (χ4n) is 3.26. The summed E-state index contributed by atoms with van der Waals surface area (Å²) in [4.78, 5) is 25.5. The zero-order chi connectivity index (χ0) is 23.8. The highest BCUT2D eigenvalue weighted by molar-refractivity contribution is 7.91. The zero-order valence-electron chi connectivity index (χ0n) is 16.7. The van der Waals surface area contributed by atoms with E-state index in [1.165, 1.54) is 12.1 Å². The van der Waals surface area contributed by atoms with Gasteiger partial charge >= 0.3 is 6.18 Å². The maximum absolute atomic E-state index is 14.6. The zero-order valence-corrected chi connectivity index (χ0v) is 19.1. The van der Waals surface area contributed by atoms with Crippen LogP contribution in [0.25, 0.3) is 0 Å². The van der Waals surface area contributed by atoms with E-state index in [2.05, 4.69) is 0 Å². The van der Waals surface area contributed by atoms with Gasteiger partial charge in [0, 0.05) is 11.4 Å². The van der Waals surface area contributed by atoms with Gasteiger partial charge in [0.15, 0.2) is 15.6 Å². The standard InChI is InChI=1S/C20H17ClF4N2O4S.ClH/c21-12-3-1-11(2-4-12)9-27-16-7-13(17(28)5-6-20(23,24)25)14(22)8-18(16)32(30,31)10-15(26)19(27)29;/h1-4,7-8,15H,5-6,9-10,26H2;1H/t15-;/m0./s1. The Bertz CT molecular complexity index is 1170. The van der Waals surface area contributed by atoms with Gasteiger partial charge in [0.2, 0.25) is 5.91 Å². The molecule has 0 aromatic heterocycles. The van der Waals surface area contributed by atoms with Gasteiger partial charge in [0.05, 0.1) is 40.9 Å². The first-order valence-corrected chi connectivity index (χ1v) is 11.3. The van der Waals surface area contributed by atoms with Gasteiger partial charge in [0.25, 0.3) is 0 Å². The second-order valence-corrected chi connectivity index (χ2v) is 9.72. The van der Waals surface area contributed by atoms with Crippen molar-refractivity contribution in [3.05, 3.63) is 58.4 Å². The number of nitrogens with two attached hydrogens (primary N) is 1. The predicted octanol–water partition coefficient (Wildman–Crippen LogP) is 4.07. The Balaban J connectivity index is 0.00000385. The van der Waals surface area contributed by atoms with Crippen LogP contribution in [0, 0.1) is 5.82 Å². The van der Waals surface area contributed by atoms with Crippen LogP contribution in [0.1, 0.15) is 28.8 Å². The van der Waals surface area contributed by atoms with E-state index in [0.717, 1.165) is 11.0 Å². The average molecular weight is 529 g/mol. The lowest BCUT2D eigenvalue weighted by molar-refractivity contribution is -0.133. The Morgan fingerprint density at radius 3 is 2.36 bits per heavy atom. The lowest BCUT2D eigenvalue weighted by Gasteiger charge is -2.25. The van der Waals surface area contributed by atoms with Crippen molar-refractivity contribution in [1.29, 1.82) is 0 Å². The molecule has 3 rings (SSSR count). The summed E-state index contributed by atoms with van der Waals surface area (Å²) in [6.07, 6.45) is -7.14. The number of ketones is 1. The highest BCUT2D eigenvalue weighted by Gasteiger charge is 2.38. The monoisotopic (exact) mass is 528 g/mol. The van der Waals surface area contributed by atoms with E-state index >= 15 is 0 Å². The Kier molecular flexibility index (Phi) is 8.16. The highest BCUT2D eigenvalue weighted by atomic mass is 35.5. The maximum atomic E-state index is 14.6. The molecule has 33 heavy (non-hydrogen) atoms. The number of fused-ring (bicyclic) bond motifs is 1. The molecule has 1 aliphatic rings. The van der Waals surface area contributed by atoms with E-state index < -0.39 is 68.6 Å². The van der Waals surface area contributed by atoms with Crippen LogP contribution in [0.4, 0.5) is 23.2 Å². The number of benzene rings is 2. The summed E-state index contributed by atoms with van der Waals surface area (Å²) in [6.45, 7) is -0.186. The molecule has 0 saturated carbocycles. The van der Waals surface area contributed by atoms with Gasteiger partial charge in [-0.25, -0.2) is 12.8 Å². The summed E-state index contributed by atoms with van der Waals surface area (Å²) in [5, 5.41) is 0.412. The summed E-state index contributed by atoms with van der Waals surface area (Å²) in [6, 6.07) is 6.09. The second kappa shape index (κ2) is 9.96. The lowest BCUT2D eigenvalue weighted by Crippen LogP contribution is -2.45. The number of halogens is 6. The molecule has 0 unspecified atom stereocenters. The first-order valence-electron chi connectivity index (χ1n) is 9.26. The number of sulfone groups is 1. The van der Waals surface area contributed by atoms with Gasteiger partial charge < -0.3 is 10.6 Å². The van der Waals surface area contributed by atoms with Gasteiger partial charge in [-0.15, -0.1) is 12.4 Å². The smallest absolute Gasteiger partial charge is 0.319 e. The molecular weight excluding hydrogens is 511 g/mol. The second-order valence-electron chi connectivity index (χ2n) is 7.28. The third-order valence-electron chi connectivity index (χ3n) is 4.85. The number of nitrogens with zero attached hydrogens (tertiary/aromatic N) is 1. The molecule has 6 nitrogen and oxygen atoms in total. The summed E-state index contributed by atoms with van der Waals surface area (Å²) in [7, 11) is -4.23. The van der Waals surface area contributed by atoms with Gasteiger partial charge in [-0.05, 0) is 29.8 Å². The third-order valence-corrected chi connectivity index (χ3v) is 6.89. The van der Waals surface area contributed by atoms with Crippen molar-refractivity contribution in [3.63, 3.8) is 0 Å². The van der Waals surface area contributed by atoms with Crippen molar-refractivity contribution in [3.8, 4) is 0 Å². The van der Waals surface area contributed by atoms with Crippen LogP contribution in [0.15, 0.2) is 41.3 Å². The van der Waals surface area contributed by atoms with E-state index in [9.17, 15) is 35.6 Å². The Morgan fingerprint density at radius 2 is 1.79 bits per heavy atom. The number of hydrogen-bond acceptors (Lipinski definition) is 5. The Morgan fingerprint density at radius 1 is 1.18 bits per heavy atom. The molecule has 0 radical (unpaired) electrons. The lowest BCUT2D eigenvalue weighted by atomic mass is 10.0. The average Bonchev–Trinajstić information content (AvgIpc) is 2.75. The summed E-state index contributed by atoms with van der Waals surface area (Å²) in [5.41, 5.74) is 5.21. The SMILES string of the molecule is Cl.N[C@H]1CS(=O)(=O)c2cc(F)c(C(=O)CCC(F)(F)F)cc2N(Cc2ccc(Cl)cc2)C1=O. The van der Waals surface area contributed by atoms with Gasteiger partial charge in [-0.2, -0.15) is 13.2 Å². The molecule has 2 N–H and O–H groups in total. The summed E-state index contributed by atoms with van der Waals surface area (Å²) in [5.74, 6) is -4.07. The predicted molar refractivity (Wildman–Crippen MR) is 116 cm³/mol. The van der Waals surface area contributed by atoms with Crippen LogP contribution in [-0.4, -0.2) is 38.1 Å². The van der Waals surface area contributed by atoms with Crippen LogP contribution in [0.3, 0.4) is 0 Å². The number of rotatable bonds is 5. The van der Waals surface area contributed by atoms with Crippen LogP contribution < -0.4 is 10.6 Å². The van der Waals surface area contributed by atoms with Crippen molar-refractivity contribution < 1.29 is 35.6 Å². The molecule has 1 atom stereocenters. The molecule has 0 fully saturated rings. The van der Waals surface area contributed by atoms with Crippen LogP contribution in [-0.2, 0) is 21.2 Å². The van der Waals surface area contributed by atoms with Crippen molar-refractivity contribution >= 4 is 51.2 Å². The summed E-state index contributed by atoms with van der Waals surface area (Å²) < 4.78 is 77.5. The molecule has 1 aliphatic heterocycles. The number of anilines is 1.